The lowest BCUT2D eigenvalue weighted by atomic mass is 9.75. The van der Waals surface area contributed by atoms with Crippen LogP contribution in [-0.2, 0) is 18.3 Å². The number of hydrogen-bond acceptors (Lipinski definition) is 1. The molecular formula is C57H40N2. The molecule has 0 radical (unpaired) electrons. The van der Waals surface area contributed by atoms with E-state index >= 15 is 0 Å². The lowest BCUT2D eigenvalue weighted by Gasteiger charge is -2.30. The lowest BCUT2D eigenvalue weighted by molar-refractivity contribution is 0.563. The molecule has 12 rings (SSSR count). The maximum Gasteiger partial charge on any atom is 0.0541 e. The van der Waals surface area contributed by atoms with E-state index in [2.05, 4.69) is 228 Å². The molecule has 1 aromatic heterocycles. The summed E-state index contributed by atoms with van der Waals surface area (Å²) in [6.45, 7) is 0. The number of benzene rings is 9. The van der Waals surface area contributed by atoms with E-state index in [0.717, 1.165) is 24.2 Å². The van der Waals surface area contributed by atoms with Crippen LogP contribution in [0.4, 0.5) is 17.1 Å². The topological polar surface area (TPSA) is 8.17 Å². The molecule has 0 fully saturated rings. The highest BCUT2D eigenvalue weighted by molar-refractivity contribution is 6.10. The molecule has 278 valence electrons. The maximum absolute atomic E-state index is 2.50. The van der Waals surface area contributed by atoms with E-state index in [-0.39, 0.29) is 5.41 Å². The molecule has 2 nitrogen and oxygen atoms in total. The van der Waals surface area contributed by atoms with Crippen molar-refractivity contribution in [1.82, 2.24) is 4.57 Å². The summed E-state index contributed by atoms with van der Waals surface area (Å²) in [6, 6.07) is 80.6. The van der Waals surface area contributed by atoms with E-state index < -0.39 is 0 Å². The molecular weight excluding hydrogens is 713 g/mol. The number of rotatable bonds is 6. The highest BCUT2D eigenvalue weighted by atomic mass is 15.1. The fraction of sp³-hybridized carbons (Fsp3) is 0.0526. The predicted octanol–water partition coefficient (Wildman–Crippen LogP) is 14.7. The highest BCUT2D eigenvalue weighted by Crippen LogP contribution is 2.56. The third-order valence-electron chi connectivity index (χ3n) is 13.0. The zero-order chi connectivity index (χ0) is 38.9. The van der Waals surface area contributed by atoms with E-state index in [1.54, 1.807) is 0 Å². The minimum absolute atomic E-state index is 0.0880. The number of nitrogens with zero attached hydrogens (tertiary/aromatic N) is 2. The van der Waals surface area contributed by atoms with Crippen molar-refractivity contribution >= 4 is 38.9 Å². The number of para-hydroxylation sites is 2. The summed E-state index contributed by atoms with van der Waals surface area (Å²) in [5.74, 6) is 0. The summed E-state index contributed by atoms with van der Waals surface area (Å²) in [5.41, 5.74) is 20.3. The molecule has 0 N–H and O–H groups in total. The van der Waals surface area contributed by atoms with Gasteiger partial charge in [-0.2, -0.15) is 0 Å². The van der Waals surface area contributed by atoms with Gasteiger partial charge >= 0.3 is 0 Å². The molecule has 0 amide bonds. The van der Waals surface area contributed by atoms with E-state index in [9.17, 15) is 0 Å². The second-order valence-corrected chi connectivity index (χ2v) is 16.2. The first-order chi connectivity index (χ1) is 29.2. The zero-order valence-corrected chi connectivity index (χ0v) is 32.6. The van der Waals surface area contributed by atoms with E-state index in [1.807, 2.05) is 0 Å². The Morgan fingerprint density at radius 2 is 0.932 bits per heavy atom. The average Bonchev–Trinajstić information content (AvgIpc) is 3.95. The van der Waals surface area contributed by atoms with Gasteiger partial charge in [-0.15, -0.1) is 0 Å². The molecule has 2 heteroatoms. The molecule has 1 spiro atoms. The molecule has 0 saturated carbocycles. The van der Waals surface area contributed by atoms with Crippen molar-refractivity contribution in [3.8, 4) is 39.1 Å². The summed E-state index contributed by atoms with van der Waals surface area (Å²) >= 11 is 0. The van der Waals surface area contributed by atoms with Gasteiger partial charge in [-0.1, -0.05) is 152 Å². The van der Waals surface area contributed by atoms with Crippen LogP contribution in [0.3, 0.4) is 0 Å². The zero-order valence-electron chi connectivity index (χ0n) is 32.6. The Hall–Kier alpha value is -7.42. The van der Waals surface area contributed by atoms with E-state index in [0.29, 0.717) is 0 Å². The lowest BCUT2D eigenvalue weighted by Crippen LogP contribution is -2.26. The maximum atomic E-state index is 2.50. The molecule has 2 aliphatic rings. The van der Waals surface area contributed by atoms with Gasteiger partial charge in [0.2, 0.25) is 0 Å². The molecule has 59 heavy (non-hydrogen) atoms. The minimum atomic E-state index is -0.0880. The first kappa shape index (κ1) is 33.7. The Labute approximate surface area is 344 Å². The van der Waals surface area contributed by atoms with Crippen LogP contribution in [0.5, 0.6) is 0 Å². The largest absolute Gasteiger partial charge is 0.310 e. The van der Waals surface area contributed by atoms with E-state index in [4.69, 9.17) is 0 Å². The van der Waals surface area contributed by atoms with Crippen LogP contribution in [-0.4, -0.2) is 4.57 Å². The number of aromatic nitrogens is 1. The Bertz CT molecular complexity index is 3190. The van der Waals surface area contributed by atoms with Gasteiger partial charge in [-0.25, -0.2) is 0 Å². The Morgan fingerprint density at radius 3 is 1.75 bits per heavy atom. The Morgan fingerprint density at radius 1 is 0.356 bits per heavy atom. The predicted molar refractivity (Wildman–Crippen MR) is 246 cm³/mol. The third-order valence-corrected chi connectivity index (χ3v) is 13.0. The third kappa shape index (κ3) is 5.34. The second kappa shape index (κ2) is 13.3. The van der Waals surface area contributed by atoms with Crippen LogP contribution >= 0.6 is 0 Å². The van der Waals surface area contributed by atoms with Crippen molar-refractivity contribution in [3.63, 3.8) is 0 Å². The normalized spacial score (nSPS) is 13.4. The fourth-order valence-electron chi connectivity index (χ4n) is 10.3. The quantitative estimate of drug-likeness (QED) is 0.164. The molecule has 0 aliphatic heterocycles. The van der Waals surface area contributed by atoms with Gasteiger partial charge in [0.1, 0.15) is 0 Å². The highest BCUT2D eigenvalue weighted by Gasteiger charge is 2.47. The van der Waals surface area contributed by atoms with Gasteiger partial charge in [-0.05, 0) is 135 Å². The average molecular weight is 753 g/mol. The number of anilines is 3. The molecule has 10 aromatic rings. The molecule has 9 aromatic carbocycles. The van der Waals surface area contributed by atoms with Crippen molar-refractivity contribution in [1.29, 1.82) is 0 Å². The van der Waals surface area contributed by atoms with Gasteiger partial charge in [0.25, 0.3) is 0 Å². The Kier molecular flexibility index (Phi) is 7.61. The summed E-state index contributed by atoms with van der Waals surface area (Å²) in [4.78, 5) is 2.45. The second-order valence-electron chi connectivity index (χ2n) is 16.2. The van der Waals surface area contributed by atoms with Gasteiger partial charge in [0.15, 0.2) is 0 Å². The molecule has 0 unspecified atom stereocenters. The smallest absolute Gasteiger partial charge is 0.0541 e. The first-order valence-electron chi connectivity index (χ1n) is 20.7. The van der Waals surface area contributed by atoms with Gasteiger partial charge in [0, 0.05) is 38.9 Å². The Balaban J connectivity index is 0.990. The monoisotopic (exact) mass is 752 g/mol. The summed E-state index contributed by atoms with van der Waals surface area (Å²) in [7, 11) is 0. The number of fused-ring (bicyclic) bond motifs is 9. The van der Waals surface area contributed by atoms with Crippen molar-refractivity contribution < 1.29 is 0 Å². The van der Waals surface area contributed by atoms with Crippen molar-refractivity contribution in [3.05, 3.63) is 241 Å². The fourth-order valence-corrected chi connectivity index (χ4v) is 10.3. The summed E-state index contributed by atoms with van der Waals surface area (Å²) in [6.07, 6.45) is 2.03. The van der Waals surface area contributed by atoms with Gasteiger partial charge < -0.3 is 9.47 Å². The SMILES string of the molecule is c1ccc(-c2cccc(N(c3ccc(-c4ccc5c(c4)c4ccccc4n5-c4ccccc4)cc3)c3ccc4c(c3)C3(Cc5ccccc5C3)c3ccccc3-4)c2)cc1. The standard InChI is InChI=1S/C57H40N2/c1-3-14-39(15-4-1)41-18-13-21-47(34-41)58(48-31-32-50-49-22-9-11-24-53(49)57(54(50)36-48)37-43-16-7-8-17-44(43)38-57)46-29-26-40(27-30-46)42-28-33-56-52(35-42)51-23-10-12-25-55(51)59(56)45-19-5-2-6-20-45/h1-36H,37-38H2. The van der Waals surface area contributed by atoms with Gasteiger partial charge in [-0.3, -0.25) is 0 Å². The van der Waals surface area contributed by atoms with Crippen molar-refractivity contribution in [2.75, 3.05) is 4.90 Å². The van der Waals surface area contributed by atoms with Crippen LogP contribution in [0.2, 0.25) is 0 Å². The van der Waals surface area contributed by atoms with Crippen LogP contribution in [0, 0.1) is 0 Å². The van der Waals surface area contributed by atoms with Crippen LogP contribution in [0.1, 0.15) is 22.3 Å². The van der Waals surface area contributed by atoms with Gasteiger partial charge in [0.05, 0.1) is 11.0 Å². The molecule has 2 aliphatic carbocycles. The number of hydrogen-bond donors (Lipinski definition) is 0. The molecule has 0 bridgehead atoms. The summed E-state index contributed by atoms with van der Waals surface area (Å²) in [5, 5.41) is 2.52. The molecule has 1 heterocycles. The minimum Gasteiger partial charge on any atom is -0.310 e. The van der Waals surface area contributed by atoms with Crippen molar-refractivity contribution in [2.24, 2.45) is 0 Å². The first-order valence-corrected chi connectivity index (χ1v) is 20.7. The van der Waals surface area contributed by atoms with Crippen LogP contribution < -0.4 is 4.90 Å². The molecule has 0 saturated heterocycles. The van der Waals surface area contributed by atoms with Crippen LogP contribution in [0.15, 0.2) is 218 Å². The van der Waals surface area contributed by atoms with E-state index in [1.165, 1.54) is 88.8 Å². The summed E-state index contributed by atoms with van der Waals surface area (Å²) < 4.78 is 2.38. The van der Waals surface area contributed by atoms with Crippen LogP contribution in [0.25, 0.3) is 60.9 Å². The van der Waals surface area contributed by atoms with Crippen molar-refractivity contribution in [2.45, 2.75) is 18.3 Å². The molecule has 0 atom stereocenters.